The SMILES string of the molecule is CCOC(OCC)(c1ccc(F)cc1)C1CCN(CCc2c(C)nc3scc(C)n3c2=O)CC1. The highest BCUT2D eigenvalue weighted by Gasteiger charge is 2.43. The maximum absolute atomic E-state index is 13.6. The van der Waals surface area contributed by atoms with Crippen molar-refractivity contribution in [2.75, 3.05) is 32.8 Å². The molecule has 2 aromatic heterocycles. The molecule has 1 aromatic carbocycles. The molecule has 0 bridgehead atoms. The zero-order valence-corrected chi connectivity index (χ0v) is 21.3. The van der Waals surface area contributed by atoms with Crippen molar-refractivity contribution in [3.8, 4) is 0 Å². The van der Waals surface area contributed by atoms with Crippen LogP contribution in [0.1, 0.15) is 49.2 Å². The third-order valence-corrected chi connectivity index (χ3v) is 7.75. The van der Waals surface area contributed by atoms with Gasteiger partial charge in [0.1, 0.15) is 5.82 Å². The Morgan fingerprint density at radius 3 is 2.38 bits per heavy atom. The molecule has 0 spiro atoms. The van der Waals surface area contributed by atoms with E-state index in [4.69, 9.17) is 9.47 Å². The highest BCUT2D eigenvalue weighted by Crippen LogP contribution is 2.41. The van der Waals surface area contributed by atoms with Crippen LogP contribution in [0, 0.1) is 25.6 Å². The van der Waals surface area contributed by atoms with Crippen molar-refractivity contribution >= 4 is 16.3 Å². The van der Waals surface area contributed by atoms with Crippen molar-refractivity contribution < 1.29 is 13.9 Å². The molecule has 184 valence electrons. The third-order valence-electron chi connectivity index (χ3n) is 6.81. The Hall–Kier alpha value is -2.13. The summed E-state index contributed by atoms with van der Waals surface area (Å²) in [5.41, 5.74) is 3.48. The zero-order valence-electron chi connectivity index (χ0n) is 20.5. The summed E-state index contributed by atoms with van der Waals surface area (Å²) in [5.74, 6) is -0.977. The van der Waals surface area contributed by atoms with E-state index in [2.05, 4.69) is 9.88 Å². The van der Waals surface area contributed by atoms with Crippen LogP contribution in [0.3, 0.4) is 0 Å². The first-order valence-electron chi connectivity index (χ1n) is 12.1. The predicted octanol–water partition coefficient (Wildman–Crippen LogP) is 4.69. The molecule has 0 N–H and O–H groups in total. The van der Waals surface area contributed by atoms with E-state index in [1.165, 1.54) is 23.5 Å². The van der Waals surface area contributed by atoms with Gasteiger partial charge in [-0.2, -0.15) is 0 Å². The lowest BCUT2D eigenvalue weighted by Gasteiger charge is -2.44. The molecule has 0 saturated carbocycles. The fourth-order valence-corrected chi connectivity index (χ4v) is 6.01. The summed E-state index contributed by atoms with van der Waals surface area (Å²) in [6.07, 6.45) is 2.48. The Morgan fingerprint density at radius 1 is 1.12 bits per heavy atom. The first-order chi connectivity index (χ1) is 16.4. The van der Waals surface area contributed by atoms with Crippen LogP contribution < -0.4 is 5.56 Å². The molecule has 0 unspecified atom stereocenters. The number of piperidine rings is 1. The Kier molecular flexibility index (Phi) is 7.82. The number of benzene rings is 1. The lowest BCUT2D eigenvalue weighted by molar-refractivity contribution is -0.280. The molecular formula is C26H34FN3O3S. The van der Waals surface area contributed by atoms with Crippen LogP contribution in [0.4, 0.5) is 4.39 Å². The highest BCUT2D eigenvalue weighted by molar-refractivity contribution is 7.15. The Bertz CT molecular complexity index is 1160. The largest absolute Gasteiger partial charge is 0.346 e. The van der Waals surface area contributed by atoms with Gasteiger partial charge in [0.15, 0.2) is 10.7 Å². The van der Waals surface area contributed by atoms with E-state index in [1.54, 1.807) is 16.5 Å². The summed E-state index contributed by atoms with van der Waals surface area (Å²) in [5, 5.41) is 1.97. The average molecular weight is 488 g/mol. The van der Waals surface area contributed by atoms with Crippen molar-refractivity contribution in [2.24, 2.45) is 5.92 Å². The molecule has 4 rings (SSSR count). The number of aryl methyl sites for hydroxylation is 2. The number of halogens is 1. The summed E-state index contributed by atoms with van der Waals surface area (Å²) in [6, 6.07) is 6.49. The van der Waals surface area contributed by atoms with E-state index in [1.807, 2.05) is 33.1 Å². The molecule has 0 amide bonds. The lowest BCUT2D eigenvalue weighted by atomic mass is 9.83. The topological polar surface area (TPSA) is 56.1 Å². The molecule has 6 nitrogen and oxygen atoms in total. The van der Waals surface area contributed by atoms with Gasteiger partial charge in [0, 0.05) is 53.6 Å². The molecule has 1 aliphatic heterocycles. The molecule has 1 saturated heterocycles. The summed E-state index contributed by atoms with van der Waals surface area (Å²) < 4.78 is 27.8. The normalized spacial score (nSPS) is 15.9. The number of thiazole rings is 1. The van der Waals surface area contributed by atoms with Crippen LogP contribution in [0.25, 0.3) is 4.96 Å². The van der Waals surface area contributed by atoms with Crippen LogP contribution in [0.2, 0.25) is 0 Å². The Labute approximate surface area is 204 Å². The Balaban J connectivity index is 1.46. The molecule has 0 aliphatic carbocycles. The summed E-state index contributed by atoms with van der Waals surface area (Å²) in [7, 11) is 0. The molecular weight excluding hydrogens is 453 g/mol. The van der Waals surface area contributed by atoms with Crippen molar-refractivity contribution in [1.82, 2.24) is 14.3 Å². The Morgan fingerprint density at radius 2 is 1.76 bits per heavy atom. The number of ether oxygens (including phenoxy) is 2. The van der Waals surface area contributed by atoms with Gasteiger partial charge in [0.05, 0.1) is 0 Å². The molecule has 3 heterocycles. The summed E-state index contributed by atoms with van der Waals surface area (Å²) in [4.78, 5) is 20.9. The average Bonchev–Trinajstić information content (AvgIpc) is 3.20. The first-order valence-corrected chi connectivity index (χ1v) is 13.0. The molecule has 3 aromatic rings. The van der Waals surface area contributed by atoms with E-state index in [9.17, 15) is 9.18 Å². The quantitative estimate of drug-likeness (QED) is 0.410. The molecule has 1 fully saturated rings. The number of fused-ring (bicyclic) bond motifs is 1. The number of likely N-dealkylation sites (tertiary alicyclic amines) is 1. The minimum absolute atomic E-state index is 0.0548. The maximum Gasteiger partial charge on any atom is 0.262 e. The minimum atomic E-state index is -0.871. The van der Waals surface area contributed by atoms with Crippen LogP contribution >= 0.6 is 11.3 Å². The van der Waals surface area contributed by atoms with Gasteiger partial charge in [-0.1, -0.05) is 12.1 Å². The van der Waals surface area contributed by atoms with Gasteiger partial charge < -0.3 is 14.4 Å². The standard InChI is InChI=1S/C26H34FN3O3S/c1-5-32-26(33-6-2,20-7-9-22(27)10-8-20)21-11-14-29(15-12-21)16-13-23-19(4)28-25-30(24(23)31)18(3)17-34-25/h7-10,17,21H,5-6,11-16H2,1-4H3. The second-order valence-electron chi connectivity index (χ2n) is 8.88. The van der Waals surface area contributed by atoms with E-state index in [0.29, 0.717) is 19.6 Å². The van der Waals surface area contributed by atoms with Gasteiger partial charge in [0.25, 0.3) is 5.56 Å². The fourth-order valence-electron chi connectivity index (χ4n) is 5.10. The number of rotatable bonds is 9. The zero-order chi connectivity index (χ0) is 24.3. The number of hydrogen-bond acceptors (Lipinski definition) is 6. The van der Waals surface area contributed by atoms with E-state index < -0.39 is 5.79 Å². The van der Waals surface area contributed by atoms with Gasteiger partial charge in [-0.05, 0) is 72.2 Å². The van der Waals surface area contributed by atoms with Crippen molar-refractivity contribution in [1.29, 1.82) is 0 Å². The van der Waals surface area contributed by atoms with Crippen molar-refractivity contribution in [3.05, 3.63) is 68.3 Å². The summed E-state index contributed by atoms with van der Waals surface area (Å²) in [6.45, 7) is 11.4. The van der Waals surface area contributed by atoms with Gasteiger partial charge in [-0.3, -0.25) is 9.20 Å². The van der Waals surface area contributed by atoms with E-state index in [-0.39, 0.29) is 17.3 Å². The lowest BCUT2D eigenvalue weighted by Crippen LogP contribution is -2.47. The van der Waals surface area contributed by atoms with E-state index in [0.717, 1.165) is 60.0 Å². The smallest absolute Gasteiger partial charge is 0.262 e. The second-order valence-corrected chi connectivity index (χ2v) is 9.72. The summed E-state index contributed by atoms with van der Waals surface area (Å²) >= 11 is 1.50. The number of aromatic nitrogens is 2. The monoisotopic (exact) mass is 487 g/mol. The van der Waals surface area contributed by atoms with Gasteiger partial charge >= 0.3 is 0 Å². The molecule has 0 atom stereocenters. The second kappa shape index (κ2) is 10.6. The van der Waals surface area contributed by atoms with Gasteiger partial charge in [0.2, 0.25) is 0 Å². The van der Waals surface area contributed by atoms with Gasteiger partial charge in [-0.15, -0.1) is 11.3 Å². The van der Waals surface area contributed by atoms with Crippen molar-refractivity contribution in [3.63, 3.8) is 0 Å². The fraction of sp³-hybridized carbons (Fsp3) is 0.538. The number of nitrogens with zero attached hydrogens (tertiary/aromatic N) is 3. The van der Waals surface area contributed by atoms with Crippen LogP contribution in [0.15, 0.2) is 34.4 Å². The molecule has 1 aliphatic rings. The predicted molar refractivity (Wildman–Crippen MR) is 133 cm³/mol. The molecule has 34 heavy (non-hydrogen) atoms. The molecule has 0 radical (unpaired) electrons. The maximum atomic E-state index is 13.6. The first kappa shape index (κ1) is 25.0. The third kappa shape index (κ3) is 4.82. The van der Waals surface area contributed by atoms with Crippen LogP contribution in [-0.2, 0) is 21.7 Å². The van der Waals surface area contributed by atoms with Gasteiger partial charge in [-0.25, -0.2) is 9.37 Å². The van der Waals surface area contributed by atoms with Crippen LogP contribution in [-0.4, -0.2) is 47.1 Å². The van der Waals surface area contributed by atoms with Crippen LogP contribution in [0.5, 0.6) is 0 Å². The highest BCUT2D eigenvalue weighted by atomic mass is 32.1. The molecule has 8 heteroatoms. The number of hydrogen-bond donors (Lipinski definition) is 0. The van der Waals surface area contributed by atoms with E-state index >= 15 is 0 Å². The minimum Gasteiger partial charge on any atom is -0.346 e. The van der Waals surface area contributed by atoms with Crippen molar-refractivity contribution in [2.45, 2.75) is 52.7 Å².